The molecule has 4 heteroatoms. The first-order valence-electron chi connectivity index (χ1n) is 6.47. The molecule has 104 valence electrons. The van der Waals surface area contributed by atoms with Crippen LogP contribution in [0.15, 0.2) is 24.3 Å². The number of hydrogen-bond acceptors (Lipinski definition) is 4. The Morgan fingerprint density at radius 3 is 2.63 bits per heavy atom. The second-order valence-corrected chi connectivity index (χ2v) is 5.36. The Balaban J connectivity index is 1.99. The van der Waals surface area contributed by atoms with Crippen molar-refractivity contribution in [3.05, 3.63) is 35.4 Å². The van der Waals surface area contributed by atoms with E-state index in [2.05, 4.69) is 24.0 Å². The van der Waals surface area contributed by atoms with E-state index in [-0.39, 0.29) is 5.97 Å². The lowest BCUT2D eigenvalue weighted by Crippen LogP contribution is -2.55. The first-order chi connectivity index (χ1) is 9.07. The summed E-state index contributed by atoms with van der Waals surface area (Å²) in [5.74, 6) is -0.171. The van der Waals surface area contributed by atoms with E-state index in [4.69, 9.17) is 9.47 Å². The van der Waals surface area contributed by atoms with Crippen molar-refractivity contribution in [1.82, 2.24) is 4.90 Å². The molecule has 2 rings (SSSR count). The molecule has 1 saturated heterocycles. The zero-order valence-corrected chi connectivity index (χ0v) is 11.8. The summed E-state index contributed by atoms with van der Waals surface area (Å²) in [6.45, 7) is 4.50. The molecule has 0 radical (unpaired) electrons. The Bertz CT molecular complexity index is 454. The average Bonchev–Trinajstić information content (AvgIpc) is 2.36. The lowest BCUT2D eigenvalue weighted by molar-refractivity contribution is -0.186. The second-order valence-electron chi connectivity index (χ2n) is 5.36. The van der Waals surface area contributed by atoms with E-state index in [1.807, 2.05) is 19.2 Å². The van der Waals surface area contributed by atoms with E-state index in [9.17, 15) is 4.79 Å². The van der Waals surface area contributed by atoms with Gasteiger partial charge in [0, 0.05) is 13.1 Å². The highest BCUT2D eigenvalue weighted by atomic mass is 16.5. The van der Waals surface area contributed by atoms with Gasteiger partial charge in [0.1, 0.15) is 5.41 Å². The monoisotopic (exact) mass is 263 g/mol. The molecule has 0 amide bonds. The predicted octanol–water partition coefficient (Wildman–Crippen LogP) is 1.62. The smallest absolute Gasteiger partial charge is 0.317 e. The first kappa shape index (κ1) is 14.0. The topological polar surface area (TPSA) is 38.8 Å². The molecule has 0 aromatic heterocycles. The molecule has 19 heavy (non-hydrogen) atoms. The normalized spacial score (nSPS) is 17.1. The van der Waals surface area contributed by atoms with E-state index in [0.29, 0.717) is 19.8 Å². The number of nitrogens with zero attached hydrogens (tertiary/aromatic N) is 1. The van der Waals surface area contributed by atoms with Crippen molar-refractivity contribution in [2.45, 2.75) is 13.5 Å². The molecule has 0 saturated carbocycles. The number of rotatable bonds is 5. The fraction of sp³-hybridized carbons (Fsp3) is 0.533. The number of ether oxygens (including phenoxy) is 2. The van der Waals surface area contributed by atoms with Gasteiger partial charge in [0.25, 0.3) is 0 Å². The minimum atomic E-state index is -0.480. The van der Waals surface area contributed by atoms with Gasteiger partial charge in [-0.2, -0.15) is 0 Å². The minimum absolute atomic E-state index is 0.171. The minimum Gasteiger partial charge on any atom is -0.468 e. The predicted molar refractivity (Wildman–Crippen MR) is 72.8 cm³/mol. The molecule has 4 nitrogen and oxygen atoms in total. The summed E-state index contributed by atoms with van der Waals surface area (Å²) in [6.07, 6.45) is 0. The van der Waals surface area contributed by atoms with Crippen molar-refractivity contribution in [3.8, 4) is 0 Å². The maximum atomic E-state index is 11.8. The Labute approximate surface area is 114 Å². The summed E-state index contributed by atoms with van der Waals surface area (Å²) < 4.78 is 10.1. The number of esters is 1. The van der Waals surface area contributed by atoms with E-state index in [0.717, 1.165) is 6.54 Å². The Morgan fingerprint density at radius 1 is 1.42 bits per heavy atom. The van der Waals surface area contributed by atoms with Gasteiger partial charge in [0.2, 0.25) is 0 Å². The summed E-state index contributed by atoms with van der Waals surface area (Å²) in [4.78, 5) is 14.0. The van der Waals surface area contributed by atoms with Crippen molar-refractivity contribution >= 4 is 5.97 Å². The van der Waals surface area contributed by atoms with Crippen LogP contribution in [0.5, 0.6) is 0 Å². The molecule has 0 N–H and O–H groups in total. The van der Waals surface area contributed by atoms with Crippen molar-refractivity contribution in [2.24, 2.45) is 5.41 Å². The summed E-state index contributed by atoms with van der Waals surface area (Å²) in [5, 5.41) is 0. The quantitative estimate of drug-likeness (QED) is 0.757. The van der Waals surface area contributed by atoms with Crippen LogP contribution < -0.4 is 0 Å². The van der Waals surface area contributed by atoms with E-state index < -0.39 is 5.41 Å². The molecule has 1 aromatic carbocycles. The zero-order chi connectivity index (χ0) is 13.9. The SMILES string of the molecule is COC(=O)C1(CN(C)Cc2ccccc2C)COC1. The van der Waals surface area contributed by atoms with Crippen LogP contribution in [0.4, 0.5) is 0 Å². The Hall–Kier alpha value is -1.39. The molecule has 0 spiro atoms. The molecule has 1 aliphatic rings. The van der Waals surface area contributed by atoms with Crippen LogP contribution in [0.2, 0.25) is 0 Å². The van der Waals surface area contributed by atoms with Crippen LogP contribution in [0, 0.1) is 12.3 Å². The van der Waals surface area contributed by atoms with E-state index in [1.54, 1.807) is 0 Å². The fourth-order valence-electron chi connectivity index (χ4n) is 2.49. The number of carbonyl (C=O) groups is 1. The van der Waals surface area contributed by atoms with Gasteiger partial charge in [-0.05, 0) is 25.1 Å². The maximum Gasteiger partial charge on any atom is 0.317 e. The number of aryl methyl sites for hydroxylation is 1. The van der Waals surface area contributed by atoms with Gasteiger partial charge in [-0.3, -0.25) is 4.79 Å². The van der Waals surface area contributed by atoms with Crippen LogP contribution >= 0.6 is 0 Å². The summed E-state index contributed by atoms with van der Waals surface area (Å²) in [5.41, 5.74) is 2.07. The molecule has 1 aromatic rings. The van der Waals surface area contributed by atoms with Crippen molar-refractivity contribution < 1.29 is 14.3 Å². The molecule has 1 heterocycles. The molecular weight excluding hydrogens is 242 g/mol. The highest BCUT2D eigenvalue weighted by Gasteiger charge is 2.47. The molecule has 0 bridgehead atoms. The zero-order valence-electron chi connectivity index (χ0n) is 11.8. The molecular formula is C15H21NO3. The summed E-state index contributed by atoms with van der Waals surface area (Å²) >= 11 is 0. The summed E-state index contributed by atoms with van der Waals surface area (Å²) in [7, 11) is 3.46. The second kappa shape index (κ2) is 5.72. The van der Waals surface area contributed by atoms with Gasteiger partial charge in [-0.25, -0.2) is 0 Å². The van der Waals surface area contributed by atoms with Crippen molar-refractivity contribution in [3.63, 3.8) is 0 Å². The first-order valence-corrected chi connectivity index (χ1v) is 6.47. The number of carbonyl (C=O) groups excluding carboxylic acids is 1. The fourth-order valence-corrected chi connectivity index (χ4v) is 2.49. The highest BCUT2D eigenvalue weighted by molar-refractivity contribution is 5.78. The van der Waals surface area contributed by atoms with Gasteiger partial charge >= 0.3 is 5.97 Å². The van der Waals surface area contributed by atoms with Crippen LogP contribution in [-0.4, -0.2) is 44.8 Å². The lowest BCUT2D eigenvalue weighted by atomic mass is 9.85. The van der Waals surface area contributed by atoms with Gasteiger partial charge in [-0.15, -0.1) is 0 Å². The van der Waals surface area contributed by atoms with Gasteiger partial charge in [-0.1, -0.05) is 24.3 Å². The van der Waals surface area contributed by atoms with E-state index in [1.165, 1.54) is 18.2 Å². The maximum absolute atomic E-state index is 11.8. The largest absolute Gasteiger partial charge is 0.468 e. The van der Waals surface area contributed by atoms with Gasteiger partial charge in [0.05, 0.1) is 20.3 Å². The molecule has 0 unspecified atom stereocenters. The third kappa shape index (κ3) is 2.96. The van der Waals surface area contributed by atoms with E-state index >= 15 is 0 Å². The summed E-state index contributed by atoms with van der Waals surface area (Å²) in [6, 6.07) is 8.30. The Kier molecular flexibility index (Phi) is 4.22. The van der Waals surface area contributed by atoms with Crippen LogP contribution in [-0.2, 0) is 20.8 Å². The molecule has 0 atom stereocenters. The average molecular weight is 263 g/mol. The molecule has 1 aliphatic heterocycles. The van der Waals surface area contributed by atoms with Crippen LogP contribution in [0.1, 0.15) is 11.1 Å². The van der Waals surface area contributed by atoms with Gasteiger partial charge in [0.15, 0.2) is 0 Å². The number of benzene rings is 1. The van der Waals surface area contributed by atoms with Gasteiger partial charge < -0.3 is 14.4 Å². The van der Waals surface area contributed by atoms with Crippen LogP contribution in [0.3, 0.4) is 0 Å². The number of methoxy groups -OCH3 is 1. The third-order valence-corrected chi connectivity index (χ3v) is 3.65. The van der Waals surface area contributed by atoms with Crippen LogP contribution in [0.25, 0.3) is 0 Å². The Morgan fingerprint density at radius 2 is 2.11 bits per heavy atom. The highest BCUT2D eigenvalue weighted by Crippen LogP contribution is 2.30. The lowest BCUT2D eigenvalue weighted by Gasteiger charge is -2.41. The third-order valence-electron chi connectivity index (χ3n) is 3.65. The standard InChI is InChI=1S/C15H21NO3/c1-12-6-4-5-7-13(12)8-16(2)9-15(10-19-11-15)14(17)18-3/h4-7H,8-11H2,1-3H3. The van der Waals surface area contributed by atoms with Crippen molar-refractivity contribution in [1.29, 1.82) is 0 Å². The molecule has 1 fully saturated rings. The molecule has 0 aliphatic carbocycles. The number of hydrogen-bond donors (Lipinski definition) is 0. The van der Waals surface area contributed by atoms with Crippen molar-refractivity contribution in [2.75, 3.05) is 33.9 Å².